The van der Waals surface area contributed by atoms with Crippen LogP contribution in [-0.4, -0.2) is 61.7 Å². The number of ether oxygens (including phenoxy) is 3. The van der Waals surface area contributed by atoms with Crippen molar-refractivity contribution in [3.63, 3.8) is 0 Å². The number of nitrogens with zero attached hydrogens (tertiary/aromatic N) is 1. The number of carbonyl (C=O) groups is 2. The van der Waals surface area contributed by atoms with Gasteiger partial charge in [-0.05, 0) is 62.4 Å². The topological polar surface area (TPSA) is 65.1 Å². The fourth-order valence-electron chi connectivity index (χ4n) is 3.04. The van der Waals surface area contributed by atoms with Crippen molar-refractivity contribution >= 4 is 35.8 Å². The third-order valence-corrected chi connectivity index (χ3v) is 5.08. The number of carbonyl (C=O) groups excluding carboxylic acids is 2. The average molecular weight is 468 g/mol. The molecule has 1 aliphatic heterocycles. The minimum absolute atomic E-state index is 0. The smallest absolute Gasteiger partial charge is 0.349 e. The highest BCUT2D eigenvalue weighted by atomic mass is 35.5. The maximum atomic E-state index is 12.5. The summed E-state index contributed by atoms with van der Waals surface area (Å²) in [7, 11) is 0. The number of hydrogen-bond donors (Lipinski definition) is 0. The van der Waals surface area contributed by atoms with Crippen LogP contribution in [0.15, 0.2) is 48.5 Å². The van der Waals surface area contributed by atoms with E-state index in [0.717, 1.165) is 13.1 Å². The molecule has 0 atom stereocenters. The monoisotopic (exact) mass is 467 g/mol. The second-order valence-electron chi connectivity index (χ2n) is 7.56. The second kappa shape index (κ2) is 11.5. The van der Waals surface area contributed by atoms with Gasteiger partial charge in [-0.3, -0.25) is 9.69 Å². The Morgan fingerprint density at radius 3 is 2.13 bits per heavy atom. The number of morpholine rings is 1. The Morgan fingerprint density at radius 2 is 1.55 bits per heavy atom. The van der Waals surface area contributed by atoms with E-state index >= 15 is 0 Å². The molecule has 8 heteroatoms. The van der Waals surface area contributed by atoms with Crippen molar-refractivity contribution in [3.8, 4) is 5.75 Å². The Kier molecular flexibility index (Phi) is 9.32. The molecule has 6 nitrogen and oxygen atoms in total. The molecule has 2 aromatic rings. The molecule has 0 unspecified atom stereocenters. The van der Waals surface area contributed by atoms with Gasteiger partial charge >= 0.3 is 5.97 Å². The van der Waals surface area contributed by atoms with Crippen LogP contribution < -0.4 is 4.74 Å². The molecule has 0 bridgehead atoms. The molecule has 0 N–H and O–H groups in total. The molecule has 168 valence electrons. The highest BCUT2D eigenvalue weighted by Gasteiger charge is 2.32. The second-order valence-corrected chi connectivity index (χ2v) is 8.00. The van der Waals surface area contributed by atoms with Crippen molar-refractivity contribution in [2.45, 2.75) is 19.4 Å². The molecule has 0 amide bonds. The summed E-state index contributed by atoms with van der Waals surface area (Å²) in [5.41, 5.74) is -0.0694. The van der Waals surface area contributed by atoms with E-state index in [1.165, 1.54) is 0 Å². The Bertz CT molecular complexity index is 863. The van der Waals surface area contributed by atoms with Crippen LogP contribution in [0.3, 0.4) is 0 Å². The van der Waals surface area contributed by atoms with Crippen LogP contribution in [0.4, 0.5) is 0 Å². The maximum Gasteiger partial charge on any atom is 0.349 e. The van der Waals surface area contributed by atoms with E-state index in [4.69, 9.17) is 25.8 Å². The Hall–Kier alpha value is -2.12. The van der Waals surface area contributed by atoms with Gasteiger partial charge in [0.1, 0.15) is 12.4 Å². The standard InChI is InChI=1S/C23H26ClNO5.ClH/c1-23(2,22(27)29-16-13-25-11-14-28-15-12-25)30-20-9-5-18(6-10-20)21(26)17-3-7-19(24)8-4-17;/h3-10H,11-16H2,1-2H3;1H. The predicted octanol–water partition coefficient (Wildman–Crippen LogP) is 4.03. The first-order chi connectivity index (χ1) is 14.3. The molecule has 1 heterocycles. The van der Waals surface area contributed by atoms with E-state index in [1.807, 2.05) is 0 Å². The van der Waals surface area contributed by atoms with Gasteiger partial charge in [0.25, 0.3) is 0 Å². The summed E-state index contributed by atoms with van der Waals surface area (Å²) in [6.07, 6.45) is 0. The summed E-state index contributed by atoms with van der Waals surface area (Å²) in [4.78, 5) is 27.2. The first kappa shape index (κ1) is 25.1. The van der Waals surface area contributed by atoms with Gasteiger partial charge in [-0.2, -0.15) is 0 Å². The zero-order chi connectivity index (χ0) is 21.6. The van der Waals surface area contributed by atoms with Crippen LogP contribution >= 0.6 is 24.0 Å². The van der Waals surface area contributed by atoms with Crippen LogP contribution in [0, 0.1) is 0 Å². The van der Waals surface area contributed by atoms with Crippen molar-refractivity contribution in [2.24, 2.45) is 0 Å². The normalized spacial score (nSPS) is 14.4. The molecule has 0 spiro atoms. The first-order valence-corrected chi connectivity index (χ1v) is 10.3. The zero-order valence-corrected chi connectivity index (χ0v) is 19.2. The van der Waals surface area contributed by atoms with Crippen LogP contribution in [0.1, 0.15) is 29.8 Å². The van der Waals surface area contributed by atoms with Crippen LogP contribution in [-0.2, 0) is 14.3 Å². The van der Waals surface area contributed by atoms with Crippen molar-refractivity contribution < 1.29 is 23.8 Å². The number of rotatable bonds is 8. The van der Waals surface area contributed by atoms with Gasteiger partial charge < -0.3 is 14.2 Å². The molecule has 2 aromatic carbocycles. The molecule has 1 fully saturated rings. The zero-order valence-electron chi connectivity index (χ0n) is 17.6. The van der Waals surface area contributed by atoms with Gasteiger partial charge in [-0.1, -0.05) is 11.6 Å². The Labute approximate surface area is 193 Å². The molecule has 0 radical (unpaired) electrons. The quantitative estimate of drug-likeness (QED) is 0.431. The summed E-state index contributed by atoms with van der Waals surface area (Å²) in [5.74, 6) is -0.0603. The van der Waals surface area contributed by atoms with Crippen LogP contribution in [0.5, 0.6) is 5.75 Å². The third-order valence-electron chi connectivity index (χ3n) is 4.83. The fourth-order valence-corrected chi connectivity index (χ4v) is 3.17. The molecule has 1 aliphatic rings. The van der Waals surface area contributed by atoms with Crippen molar-refractivity contribution in [3.05, 3.63) is 64.7 Å². The number of halogens is 2. The SMILES string of the molecule is CC(C)(Oc1ccc(C(=O)c2ccc(Cl)cc2)cc1)C(=O)OCCN1CCOCC1.Cl. The number of benzene rings is 2. The Balaban J connectivity index is 0.00000341. The summed E-state index contributed by atoms with van der Waals surface area (Å²) in [6, 6.07) is 13.4. The summed E-state index contributed by atoms with van der Waals surface area (Å²) < 4.78 is 16.5. The van der Waals surface area contributed by atoms with E-state index in [9.17, 15) is 9.59 Å². The van der Waals surface area contributed by atoms with Gasteiger partial charge in [0.15, 0.2) is 11.4 Å². The lowest BCUT2D eigenvalue weighted by Crippen LogP contribution is -2.42. The third kappa shape index (κ3) is 7.21. The molecule has 0 aliphatic carbocycles. The number of esters is 1. The summed E-state index contributed by atoms with van der Waals surface area (Å²) in [6.45, 7) is 7.41. The molecule has 1 saturated heterocycles. The molecule has 0 saturated carbocycles. The van der Waals surface area contributed by atoms with Gasteiger partial charge in [0.05, 0.1) is 13.2 Å². The van der Waals surface area contributed by atoms with Gasteiger partial charge in [0.2, 0.25) is 0 Å². The number of hydrogen-bond acceptors (Lipinski definition) is 6. The lowest BCUT2D eigenvalue weighted by atomic mass is 10.0. The van der Waals surface area contributed by atoms with Gasteiger partial charge in [-0.15, -0.1) is 12.4 Å². The molecule has 3 rings (SSSR count). The molecular formula is C23H27Cl2NO5. The summed E-state index contributed by atoms with van der Waals surface area (Å²) in [5, 5.41) is 0.578. The first-order valence-electron chi connectivity index (χ1n) is 9.92. The fraction of sp³-hybridized carbons (Fsp3) is 0.391. The van der Waals surface area contributed by atoms with Crippen molar-refractivity contribution in [2.75, 3.05) is 39.5 Å². The van der Waals surface area contributed by atoms with Gasteiger partial charge in [0, 0.05) is 35.8 Å². The minimum atomic E-state index is -1.15. The van der Waals surface area contributed by atoms with E-state index in [0.29, 0.717) is 48.3 Å². The van der Waals surface area contributed by atoms with E-state index in [1.54, 1.807) is 62.4 Å². The number of ketones is 1. The lowest BCUT2D eigenvalue weighted by Gasteiger charge is -2.28. The van der Waals surface area contributed by atoms with Crippen molar-refractivity contribution in [1.29, 1.82) is 0 Å². The van der Waals surface area contributed by atoms with E-state index in [-0.39, 0.29) is 18.2 Å². The van der Waals surface area contributed by atoms with Crippen LogP contribution in [0.2, 0.25) is 5.02 Å². The average Bonchev–Trinajstić information content (AvgIpc) is 2.75. The molecular weight excluding hydrogens is 441 g/mol. The van der Waals surface area contributed by atoms with E-state index in [2.05, 4.69) is 4.90 Å². The minimum Gasteiger partial charge on any atom is -0.476 e. The highest BCUT2D eigenvalue weighted by molar-refractivity contribution is 6.30. The lowest BCUT2D eigenvalue weighted by molar-refractivity contribution is -0.159. The maximum absolute atomic E-state index is 12.5. The van der Waals surface area contributed by atoms with Crippen LogP contribution in [0.25, 0.3) is 0 Å². The summed E-state index contributed by atoms with van der Waals surface area (Å²) >= 11 is 5.87. The van der Waals surface area contributed by atoms with Gasteiger partial charge in [-0.25, -0.2) is 4.79 Å². The van der Waals surface area contributed by atoms with Crippen molar-refractivity contribution in [1.82, 2.24) is 4.90 Å². The molecule has 31 heavy (non-hydrogen) atoms. The van der Waals surface area contributed by atoms with E-state index < -0.39 is 11.6 Å². The Morgan fingerprint density at radius 1 is 1.00 bits per heavy atom. The molecule has 0 aromatic heterocycles. The largest absolute Gasteiger partial charge is 0.476 e. The predicted molar refractivity (Wildman–Crippen MR) is 121 cm³/mol. The highest BCUT2D eigenvalue weighted by Crippen LogP contribution is 2.22.